The normalized spacial score (nSPS) is 18.0. The molecule has 4 rings (SSSR count). The number of nitrogens with one attached hydrogen (secondary N) is 1. The van der Waals surface area contributed by atoms with Crippen LogP contribution in [0, 0.1) is 0 Å². The maximum absolute atomic E-state index is 13.1. The molecule has 1 N–H and O–H groups in total. The summed E-state index contributed by atoms with van der Waals surface area (Å²) < 4.78 is 10.8. The molecule has 0 saturated carbocycles. The molecule has 6 nitrogen and oxygen atoms in total. The SMILES string of the molecule is COc1cc2c(cc1OC)CN(C(=O)c1ccc3c(c1)NC(=O)C(C)S3)CC2. The van der Waals surface area contributed by atoms with Gasteiger partial charge < -0.3 is 19.7 Å². The Hall–Kier alpha value is -2.67. The number of fused-ring (bicyclic) bond motifs is 2. The van der Waals surface area contributed by atoms with Gasteiger partial charge in [0.15, 0.2) is 11.5 Å². The van der Waals surface area contributed by atoms with Crippen molar-refractivity contribution >= 4 is 29.3 Å². The van der Waals surface area contributed by atoms with Gasteiger partial charge >= 0.3 is 0 Å². The quantitative estimate of drug-likeness (QED) is 0.859. The highest BCUT2D eigenvalue weighted by atomic mass is 32.2. The van der Waals surface area contributed by atoms with Crippen LogP contribution in [0.2, 0.25) is 0 Å². The number of hydrogen-bond donors (Lipinski definition) is 1. The fourth-order valence-electron chi connectivity index (χ4n) is 3.58. The fraction of sp³-hybridized carbons (Fsp3) is 0.333. The predicted octanol–water partition coefficient (Wildman–Crippen LogP) is 3.34. The van der Waals surface area contributed by atoms with Crippen molar-refractivity contribution in [2.45, 2.75) is 30.0 Å². The minimum atomic E-state index is -0.125. The van der Waals surface area contributed by atoms with E-state index < -0.39 is 0 Å². The van der Waals surface area contributed by atoms with E-state index in [0.29, 0.717) is 35.8 Å². The highest BCUT2D eigenvalue weighted by Gasteiger charge is 2.27. The van der Waals surface area contributed by atoms with Gasteiger partial charge in [-0.1, -0.05) is 0 Å². The van der Waals surface area contributed by atoms with Gasteiger partial charge in [0.05, 0.1) is 25.2 Å². The van der Waals surface area contributed by atoms with E-state index in [-0.39, 0.29) is 17.1 Å². The van der Waals surface area contributed by atoms with Gasteiger partial charge in [-0.25, -0.2) is 0 Å². The minimum absolute atomic E-state index is 0.0324. The number of thioether (sulfide) groups is 1. The van der Waals surface area contributed by atoms with E-state index in [1.165, 1.54) is 17.3 Å². The number of carbonyl (C=O) groups excluding carboxylic acids is 2. The van der Waals surface area contributed by atoms with E-state index in [2.05, 4.69) is 5.32 Å². The van der Waals surface area contributed by atoms with Crippen LogP contribution in [0.4, 0.5) is 5.69 Å². The van der Waals surface area contributed by atoms with Crippen LogP contribution in [0.3, 0.4) is 0 Å². The summed E-state index contributed by atoms with van der Waals surface area (Å²) in [5, 5.41) is 2.76. The highest BCUT2D eigenvalue weighted by molar-refractivity contribution is 8.00. The monoisotopic (exact) mass is 398 g/mol. The van der Waals surface area contributed by atoms with E-state index in [0.717, 1.165) is 16.9 Å². The lowest BCUT2D eigenvalue weighted by Gasteiger charge is -2.30. The maximum Gasteiger partial charge on any atom is 0.254 e. The molecule has 1 unspecified atom stereocenters. The zero-order valence-electron chi connectivity index (χ0n) is 16.1. The molecular weight excluding hydrogens is 376 g/mol. The molecule has 2 aromatic carbocycles. The number of benzene rings is 2. The van der Waals surface area contributed by atoms with Gasteiger partial charge in [-0.3, -0.25) is 9.59 Å². The molecule has 0 saturated heterocycles. The van der Waals surface area contributed by atoms with E-state index >= 15 is 0 Å². The Kier molecular flexibility index (Phi) is 4.93. The summed E-state index contributed by atoms with van der Waals surface area (Å²) in [4.78, 5) is 27.8. The molecule has 0 aromatic heterocycles. The predicted molar refractivity (Wildman–Crippen MR) is 108 cm³/mol. The highest BCUT2D eigenvalue weighted by Crippen LogP contribution is 2.37. The number of methoxy groups -OCH3 is 2. The number of amides is 2. The van der Waals surface area contributed by atoms with Crippen molar-refractivity contribution in [3.8, 4) is 11.5 Å². The topological polar surface area (TPSA) is 67.9 Å². The zero-order valence-corrected chi connectivity index (χ0v) is 16.9. The summed E-state index contributed by atoms with van der Waals surface area (Å²) in [6.07, 6.45) is 0.760. The van der Waals surface area contributed by atoms with Crippen LogP contribution in [0.5, 0.6) is 11.5 Å². The summed E-state index contributed by atoms with van der Waals surface area (Å²) in [5.74, 6) is 1.30. The number of hydrogen-bond acceptors (Lipinski definition) is 5. The van der Waals surface area contributed by atoms with Crippen LogP contribution in [0.25, 0.3) is 0 Å². The first-order valence-electron chi connectivity index (χ1n) is 9.14. The van der Waals surface area contributed by atoms with Crippen molar-refractivity contribution in [1.82, 2.24) is 4.90 Å². The van der Waals surface area contributed by atoms with Crippen LogP contribution in [-0.2, 0) is 17.8 Å². The second kappa shape index (κ2) is 7.39. The van der Waals surface area contributed by atoms with Crippen molar-refractivity contribution in [1.29, 1.82) is 0 Å². The van der Waals surface area contributed by atoms with Crippen LogP contribution in [0.1, 0.15) is 28.4 Å². The molecule has 1 atom stereocenters. The van der Waals surface area contributed by atoms with Crippen LogP contribution in [-0.4, -0.2) is 42.7 Å². The van der Waals surface area contributed by atoms with Crippen molar-refractivity contribution in [2.24, 2.45) is 0 Å². The molecule has 2 amide bonds. The lowest BCUT2D eigenvalue weighted by Crippen LogP contribution is -2.36. The minimum Gasteiger partial charge on any atom is -0.493 e. The Morgan fingerprint density at radius 1 is 1.14 bits per heavy atom. The first-order valence-corrected chi connectivity index (χ1v) is 10.0. The molecule has 2 aromatic rings. The van der Waals surface area contributed by atoms with Gasteiger partial charge in [0.2, 0.25) is 5.91 Å². The number of carbonyl (C=O) groups is 2. The molecule has 0 radical (unpaired) electrons. The zero-order chi connectivity index (χ0) is 19.8. The van der Waals surface area contributed by atoms with Gasteiger partial charge in [-0.05, 0) is 54.8 Å². The van der Waals surface area contributed by atoms with Crippen LogP contribution >= 0.6 is 11.8 Å². The Bertz CT molecular complexity index is 960. The lowest BCUT2D eigenvalue weighted by molar-refractivity contribution is -0.115. The molecule has 0 bridgehead atoms. The molecule has 146 valence electrons. The summed E-state index contributed by atoms with van der Waals surface area (Å²) in [6, 6.07) is 9.46. The average Bonchev–Trinajstić information content (AvgIpc) is 2.72. The number of nitrogens with zero attached hydrogens (tertiary/aromatic N) is 1. The van der Waals surface area contributed by atoms with Crippen molar-refractivity contribution in [3.05, 3.63) is 47.0 Å². The van der Waals surface area contributed by atoms with Gasteiger partial charge in [0, 0.05) is 23.5 Å². The molecule has 7 heteroatoms. The van der Waals surface area contributed by atoms with Gasteiger partial charge in [-0.2, -0.15) is 0 Å². The Morgan fingerprint density at radius 3 is 2.57 bits per heavy atom. The molecule has 0 fully saturated rings. The van der Waals surface area contributed by atoms with Crippen LogP contribution in [0.15, 0.2) is 35.2 Å². The molecule has 0 aliphatic carbocycles. The van der Waals surface area contributed by atoms with E-state index in [1.54, 1.807) is 20.3 Å². The summed E-state index contributed by atoms with van der Waals surface area (Å²) in [7, 11) is 3.23. The number of ether oxygens (including phenoxy) is 2. The van der Waals surface area contributed by atoms with Crippen molar-refractivity contribution < 1.29 is 19.1 Å². The molecule has 2 heterocycles. The molecule has 2 aliphatic heterocycles. The summed E-state index contributed by atoms with van der Waals surface area (Å²) >= 11 is 1.51. The van der Waals surface area contributed by atoms with Crippen molar-refractivity contribution in [2.75, 3.05) is 26.1 Å². The molecular formula is C21H22N2O4S. The van der Waals surface area contributed by atoms with E-state index in [9.17, 15) is 9.59 Å². The number of rotatable bonds is 3. The van der Waals surface area contributed by atoms with Gasteiger partial charge in [-0.15, -0.1) is 11.8 Å². The third-order valence-electron chi connectivity index (χ3n) is 5.16. The molecule has 0 spiro atoms. The summed E-state index contributed by atoms with van der Waals surface area (Å²) in [6.45, 7) is 3.02. The second-order valence-electron chi connectivity index (χ2n) is 6.91. The van der Waals surface area contributed by atoms with E-state index in [1.807, 2.05) is 36.1 Å². The van der Waals surface area contributed by atoms with Crippen molar-refractivity contribution in [3.63, 3.8) is 0 Å². The molecule has 28 heavy (non-hydrogen) atoms. The third kappa shape index (κ3) is 3.30. The average molecular weight is 398 g/mol. The smallest absolute Gasteiger partial charge is 0.254 e. The number of anilines is 1. The fourth-order valence-corrected chi connectivity index (χ4v) is 4.51. The largest absolute Gasteiger partial charge is 0.493 e. The van der Waals surface area contributed by atoms with Gasteiger partial charge in [0.25, 0.3) is 5.91 Å². The second-order valence-corrected chi connectivity index (χ2v) is 8.30. The standard InChI is InChI=1S/C21H22N2O4S/c1-12-20(24)22-16-8-14(4-5-19(16)28-12)21(25)23-7-6-13-9-17(26-2)18(27-3)10-15(13)11-23/h4-5,8-10,12H,6-7,11H2,1-3H3,(H,22,24). The Labute approximate surface area is 168 Å². The third-order valence-corrected chi connectivity index (χ3v) is 6.34. The summed E-state index contributed by atoms with van der Waals surface area (Å²) in [5.41, 5.74) is 3.53. The van der Waals surface area contributed by atoms with Crippen LogP contribution < -0.4 is 14.8 Å². The van der Waals surface area contributed by atoms with E-state index in [4.69, 9.17) is 9.47 Å². The Morgan fingerprint density at radius 2 is 1.86 bits per heavy atom. The first-order chi connectivity index (χ1) is 13.5. The maximum atomic E-state index is 13.1. The van der Waals surface area contributed by atoms with Gasteiger partial charge in [0.1, 0.15) is 0 Å². The first kappa shape index (κ1) is 18.7. The molecule has 2 aliphatic rings. The Balaban J connectivity index is 1.57. The lowest BCUT2D eigenvalue weighted by atomic mass is 9.98.